The molecule has 1 N–H and O–H groups in total. The molecule has 1 amide bonds. The largest absolute Gasteiger partial charge is 0.347 e. The van der Waals surface area contributed by atoms with Gasteiger partial charge in [-0.2, -0.15) is 5.26 Å². The zero-order valence-corrected chi connectivity index (χ0v) is 17.8. The number of amides is 1. The lowest BCUT2D eigenvalue weighted by Crippen LogP contribution is -2.33. The Morgan fingerprint density at radius 3 is 2.34 bits per heavy atom. The Kier molecular flexibility index (Phi) is 6.35. The summed E-state index contributed by atoms with van der Waals surface area (Å²) in [6.45, 7) is 0.280. The first kappa shape index (κ1) is 21.0. The fourth-order valence-corrected chi connectivity index (χ4v) is 4.24. The molecule has 0 saturated heterocycles. The average Bonchev–Trinajstić information content (AvgIpc) is 3.15. The average molecular weight is 439 g/mol. The number of carbonyl (C=O) groups excluding carboxylic acids is 1. The highest BCUT2D eigenvalue weighted by Gasteiger charge is 2.16. The van der Waals surface area contributed by atoms with Crippen LogP contribution in [0.1, 0.15) is 11.1 Å². The van der Waals surface area contributed by atoms with Crippen molar-refractivity contribution in [2.75, 3.05) is 0 Å². The SMILES string of the molecule is N#CC(C(=O)NCc1ccccc1)=c1sc(=Cc2ccncc2)c(=O)n1-c1ccccc1. The number of rotatable bonds is 5. The summed E-state index contributed by atoms with van der Waals surface area (Å²) in [6, 6.07) is 24.0. The van der Waals surface area contributed by atoms with Crippen LogP contribution in [0.3, 0.4) is 0 Å². The molecule has 4 aromatic rings. The van der Waals surface area contributed by atoms with Crippen LogP contribution in [0.4, 0.5) is 0 Å². The maximum atomic E-state index is 13.3. The molecule has 0 fully saturated rings. The Morgan fingerprint density at radius 2 is 1.69 bits per heavy atom. The number of benzene rings is 2. The van der Waals surface area contributed by atoms with Gasteiger partial charge in [0, 0.05) is 18.9 Å². The summed E-state index contributed by atoms with van der Waals surface area (Å²) in [5.74, 6) is -0.530. The number of para-hydroxylation sites is 1. The van der Waals surface area contributed by atoms with Crippen molar-refractivity contribution >= 4 is 28.9 Å². The molecule has 32 heavy (non-hydrogen) atoms. The van der Waals surface area contributed by atoms with Crippen molar-refractivity contribution in [1.29, 1.82) is 5.26 Å². The number of nitrogens with one attached hydrogen (secondary N) is 1. The van der Waals surface area contributed by atoms with Gasteiger partial charge in [-0.3, -0.25) is 19.1 Å². The molecule has 6 nitrogen and oxygen atoms in total. The van der Waals surface area contributed by atoms with E-state index in [4.69, 9.17) is 0 Å². The lowest BCUT2D eigenvalue weighted by atomic mass is 10.2. The quantitative estimate of drug-likeness (QED) is 0.517. The van der Waals surface area contributed by atoms with Crippen LogP contribution in [0.25, 0.3) is 17.3 Å². The van der Waals surface area contributed by atoms with Crippen LogP contribution in [-0.4, -0.2) is 15.5 Å². The van der Waals surface area contributed by atoms with Gasteiger partial charge in [-0.1, -0.05) is 48.5 Å². The number of nitrogens with zero attached hydrogens (tertiary/aromatic N) is 3. The summed E-state index contributed by atoms with van der Waals surface area (Å²) >= 11 is 1.11. The van der Waals surface area contributed by atoms with Crippen molar-refractivity contribution < 1.29 is 4.79 Å². The van der Waals surface area contributed by atoms with Crippen LogP contribution in [0.2, 0.25) is 0 Å². The standard InChI is InChI=1S/C25H18N4O2S/c26-16-21(23(30)28-17-19-7-3-1-4-8-19)25-29(20-9-5-2-6-10-20)24(31)22(32-25)15-18-11-13-27-14-12-18/h1-15H,17H2,(H,28,30). The van der Waals surface area contributed by atoms with E-state index >= 15 is 0 Å². The highest BCUT2D eigenvalue weighted by Crippen LogP contribution is 2.05. The van der Waals surface area contributed by atoms with Crippen molar-refractivity contribution in [1.82, 2.24) is 14.9 Å². The second-order valence-corrected chi connectivity index (χ2v) is 7.86. The summed E-state index contributed by atoms with van der Waals surface area (Å²) in [4.78, 5) is 30.2. The molecule has 0 atom stereocenters. The summed E-state index contributed by atoms with van der Waals surface area (Å²) in [7, 11) is 0. The molecular weight excluding hydrogens is 420 g/mol. The molecule has 2 heterocycles. The summed E-state index contributed by atoms with van der Waals surface area (Å²) < 4.78 is 2.12. The predicted octanol–water partition coefficient (Wildman–Crippen LogP) is 2.11. The third-order valence-electron chi connectivity index (χ3n) is 4.69. The smallest absolute Gasteiger partial charge is 0.273 e. The van der Waals surface area contributed by atoms with Crippen LogP contribution in [0.5, 0.6) is 0 Å². The molecule has 0 bridgehead atoms. The van der Waals surface area contributed by atoms with Gasteiger partial charge in [0.25, 0.3) is 11.5 Å². The highest BCUT2D eigenvalue weighted by atomic mass is 32.1. The molecule has 0 saturated carbocycles. The van der Waals surface area contributed by atoms with Crippen LogP contribution in [0.15, 0.2) is 90.0 Å². The van der Waals surface area contributed by atoms with Gasteiger partial charge in [-0.25, -0.2) is 0 Å². The van der Waals surface area contributed by atoms with E-state index in [0.717, 1.165) is 22.5 Å². The molecule has 0 radical (unpaired) electrons. The number of thiazole rings is 1. The first-order valence-corrected chi connectivity index (χ1v) is 10.6. The molecule has 0 aliphatic carbocycles. The molecule has 0 unspecified atom stereocenters. The molecule has 7 heteroatoms. The van der Waals surface area contributed by atoms with Gasteiger partial charge in [0.15, 0.2) is 5.57 Å². The number of aromatic nitrogens is 2. The lowest BCUT2D eigenvalue weighted by molar-refractivity contribution is -0.115. The monoisotopic (exact) mass is 438 g/mol. The molecule has 2 aromatic carbocycles. The second-order valence-electron chi connectivity index (χ2n) is 6.83. The molecule has 0 spiro atoms. The van der Waals surface area contributed by atoms with Crippen molar-refractivity contribution in [3.63, 3.8) is 0 Å². The van der Waals surface area contributed by atoms with Crippen molar-refractivity contribution in [3.05, 3.63) is 116 Å². The van der Waals surface area contributed by atoms with Crippen molar-refractivity contribution in [3.8, 4) is 11.8 Å². The van der Waals surface area contributed by atoms with E-state index in [9.17, 15) is 14.9 Å². The fourth-order valence-electron chi connectivity index (χ4n) is 3.13. The third kappa shape index (κ3) is 4.56. The number of carbonyl (C=O) groups is 1. The zero-order valence-electron chi connectivity index (χ0n) is 16.9. The van der Waals surface area contributed by atoms with Gasteiger partial charge in [-0.15, -0.1) is 11.3 Å². The van der Waals surface area contributed by atoms with E-state index in [1.54, 1.807) is 54.9 Å². The Hall–Kier alpha value is -4.28. The van der Waals surface area contributed by atoms with Gasteiger partial charge in [-0.05, 0) is 41.5 Å². The Bertz CT molecular complexity index is 1450. The Morgan fingerprint density at radius 1 is 1.03 bits per heavy atom. The maximum absolute atomic E-state index is 13.3. The molecular formula is C25H18N4O2S. The fraction of sp³-hybridized carbons (Fsp3) is 0.0400. The van der Waals surface area contributed by atoms with E-state index < -0.39 is 5.91 Å². The van der Waals surface area contributed by atoms with Gasteiger partial charge >= 0.3 is 0 Å². The van der Waals surface area contributed by atoms with E-state index in [0.29, 0.717) is 10.2 Å². The van der Waals surface area contributed by atoms with Crippen LogP contribution >= 0.6 is 11.3 Å². The first-order valence-electron chi connectivity index (χ1n) is 9.83. The minimum Gasteiger partial charge on any atom is -0.347 e. The first-order chi connectivity index (χ1) is 15.7. The van der Waals surface area contributed by atoms with E-state index in [-0.39, 0.29) is 22.3 Å². The lowest BCUT2D eigenvalue weighted by Gasteiger charge is -2.06. The van der Waals surface area contributed by atoms with Gasteiger partial charge < -0.3 is 5.32 Å². The zero-order chi connectivity index (χ0) is 22.3. The van der Waals surface area contributed by atoms with Crippen LogP contribution < -0.4 is 20.1 Å². The Labute approximate surface area is 188 Å². The van der Waals surface area contributed by atoms with Gasteiger partial charge in [0.2, 0.25) is 0 Å². The number of hydrogen-bond acceptors (Lipinski definition) is 5. The number of nitriles is 1. The van der Waals surface area contributed by atoms with Gasteiger partial charge in [0.05, 0.1) is 10.2 Å². The van der Waals surface area contributed by atoms with E-state index in [1.165, 1.54) is 4.57 Å². The summed E-state index contributed by atoms with van der Waals surface area (Å²) in [5.41, 5.74) is 1.90. The number of pyridine rings is 1. The van der Waals surface area contributed by atoms with Crippen molar-refractivity contribution in [2.45, 2.75) is 6.54 Å². The normalized spacial score (nSPS) is 12.2. The summed E-state index contributed by atoms with van der Waals surface area (Å²) in [5, 5.41) is 12.6. The number of hydrogen-bond donors (Lipinski definition) is 1. The molecule has 0 aliphatic heterocycles. The Balaban J connectivity index is 1.87. The molecule has 0 aliphatic rings. The van der Waals surface area contributed by atoms with E-state index in [2.05, 4.69) is 10.3 Å². The maximum Gasteiger partial charge on any atom is 0.273 e. The predicted molar refractivity (Wildman–Crippen MR) is 124 cm³/mol. The molecule has 156 valence electrons. The molecule has 4 rings (SSSR count). The topological polar surface area (TPSA) is 87.8 Å². The minimum atomic E-state index is -0.530. The highest BCUT2D eigenvalue weighted by molar-refractivity contribution is 7.07. The van der Waals surface area contributed by atoms with E-state index in [1.807, 2.05) is 42.5 Å². The minimum absolute atomic E-state index is 0.110. The molecule has 2 aromatic heterocycles. The second kappa shape index (κ2) is 9.69. The third-order valence-corrected chi connectivity index (χ3v) is 5.78. The van der Waals surface area contributed by atoms with Crippen molar-refractivity contribution in [2.24, 2.45) is 0 Å². The van der Waals surface area contributed by atoms with Gasteiger partial charge in [0.1, 0.15) is 10.7 Å². The summed E-state index contributed by atoms with van der Waals surface area (Å²) in [6.07, 6.45) is 5.01. The van der Waals surface area contributed by atoms with Crippen LogP contribution in [-0.2, 0) is 11.3 Å². The van der Waals surface area contributed by atoms with Crippen LogP contribution in [0, 0.1) is 11.3 Å².